The lowest BCUT2D eigenvalue weighted by atomic mass is 10.1. The molecule has 1 heterocycles. The topological polar surface area (TPSA) is 3.24 Å². The summed E-state index contributed by atoms with van der Waals surface area (Å²) in [5.41, 5.74) is 4.37. The van der Waals surface area contributed by atoms with Gasteiger partial charge in [0.15, 0.2) is 0 Å². The number of fused-ring (bicyclic) bond motifs is 1. The van der Waals surface area contributed by atoms with Gasteiger partial charge in [0.25, 0.3) is 0 Å². The van der Waals surface area contributed by atoms with E-state index in [1.54, 1.807) is 0 Å². The Morgan fingerprint density at radius 1 is 0.765 bits per heavy atom. The van der Waals surface area contributed by atoms with Gasteiger partial charge in [0, 0.05) is 19.6 Å². The van der Waals surface area contributed by atoms with Gasteiger partial charge >= 0.3 is 0 Å². The van der Waals surface area contributed by atoms with E-state index in [9.17, 15) is 0 Å². The predicted octanol–water partition coefficient (Wildman–Crippen LogP) is 3.62. The third-order valence-electron chi connectivity index (χ3n) is 3.16. The van der Waals surface area contributed by atoms with Crippen molar-refractivity contribution in [3.63, 3.8) is 0 Å². The first kappa shape index (κ1) is 12.2. The molecule has 2 heteroatoms. The van der Waals surface area contributed by atoms with Gasteiger partial charge in [0.05, 0.1) is 0 Å². The van der Waals surface area contributed by atoms with Crippen LogP contribution in [0.2, 0.25) is 0 Å². The van der Waals surface area contributed by atoms with Crippen LogP contribution in [0, 0.1) is 0 Å². The van der Waals surface area contributed by atoms with Gasteiger partial charge < -0.3 is 0 Å². The molecule has 0 aromatic heterocycles. The number of hydrogen-bond acceptors (Lipinski definition) is 1. The van der Waals surface area contributed by atoms with Crippen LogP contribution in [0.4, 0.5) is 0 Å². The Hall–Kier alpha value is -1.31. The van der Waals surface area contributed by atoms with Gasteiger partial charge in [-0.05, 0) is 16.7 Å². The molecule has 0 unspecified atom stereocenters. The number of benzene rings is 2. The minimum absolute atomic E-state index is 0. The van der Waals surface area contributed by atoms with Crippen LogP contribution in [0.5, 0.6) is 0 Å². The van der Waals surface area contributed by atoms with Crippen molar-refractivity contribution in [3.05, 3.63) is 71.3 Å². The van der Waals surface area contributed by atoms with Crippen molar-refractivity contribution < 1.29 is 0 Å². The first-order chi connectivity index (χ1) is 7.92. The Balaban J connectivity index is 0.00000108. The normalized spacial score (nSPS) is 14.1. The number of halogens is 1. The highest BCUT2D eigenvalue weighted by Crippen LogP contribution is 2.23. The maximum Gasteiger partial charge on any atom is 0.0244 e. The van der Waals surface area contributed by atoms with Crippen molar-refractivity contribution in [2.75, 3.05) is 0 Å². The predicted molar refractivity (Wildman–Crippen MR) is 73.1 cm³/mol. The molecule has 1 nitrogen and oxygen atoms in total. The van der Waals surface area contributed by atoms with Crippen molar-refractivity contribution in [1.29, 1.82) is 0 Å². The zero-order chi connectivity index (χ0) is 10.8. The van der Waals surface area contributed by atoms with Crippen LogP contribution < -0.4 is 0 Å². The van der Waals surface area contributed by atoms with Crippen molar-refractivity contribution in [3.8, 4) is 0 Å². The van der Waals surface area contributed by atoms with Crippen LogP contribution in [-0.2, 0) is 19.6 Å². The second-order valence-corrected chi connectivity index (χ2v) is 4.40. The summed E-state index contributed by atoms with van der Waals surface area (Å²) in [5.74, 6) is 0. The van der Waals surface area contributed by atoms with Crippen LogP contribution in [0.25, 0.3) is 0 Å². The van der Waals surface area contributed by atoms with E-state index in [0.717, 1.165) is 19.6 Å². The molecular weight excluding hydrogens is 230 g/mol. The molecule has 88 valence electrons. The molecule has 0 atom stereocenters. The average Bonchev–Trinajstić information content (AvgIpc) is 2.72. The molecule has 0 radical (unpaired) electrons. The molecule has 0 amide bonds. The lowest BCUT2D eigenvalue weighted by Gasteiger charge is -2.14. The van der Waals surface area contributed by atoms with E-state index < -0.39 is 0 Å². The minimum atomic E-state index is 0. The van der Waals surface area contributed by atoms with E-state index in [4.69, 9.17) is 0 Å². The van der Waals surface area contributed by atoms with Crippen LogP contribution >= 0.6 is 12.4 Å². The summed E-state index contributed by atoms with van der Waals surface area (Å²) in [5, 5.41) is 0. The maximum absolute atomic E-state index is 2.49. The molecule has 0 saturated carbocycles. The third-order valence-corrected chi connectivity index (χ3v) is 3.16. The van der Waals surface area contributed by atoms with Gasteiger partial charge in [0.1, 0.15) is 0 Å². The fourth-order valence-electron chi connectivity index (χ4n) is 2.36. The van der Waals surface area contributed by atoms with E-state index in [0.29, 0.717) is 0 Å². The second-order valence-electron chi connectivity index (χ2n) is 4.40. The Kier molecular flexibility index (Phi) is 3.82. The molecule has 0 saturated heterocycles. The van der Waals surface area contributed by atoms with Crippen molar-refractivity contribution >= 4 is 12.4 Å². The largest absolute Gasteiger partial charge is 0.291 e. The van der Waals surface area contributed by atoms with Gasteiger partial charge in [-0.25, -0.2) is 0 Å². The van der Waals surface area contributed by atoms with Crippen LogP contribution in [0.1, 0.15) is 16.7 Å². The van der Waals surface area contributed by atoms with E-state index >= 15 is 0 Å². The molecule has 0 aliphatic carbocycles. The summed E-state index contributed by atoms with van der Waals surface area (Å²) in [6.07, 6.45) is 0. The fraction of sp³-hybridized carbons (Fsp3) is 0.200. The lowest BCUT2D eigenvalue weighted by molar-refractivity contribution is 0.275. The summed E-state index contributed by atoms with van der Waals surface area (Å²) < 4.78 is 0. The summed E-state index contributed by atoms with van der Waals surface area (Å²) in [7, 11) is 0. The zero-order valence-electron chi connectivity index (χ0n) is 9.67. The van der Waals surface area contributed by atoms with Crippen LogP contribution in [0.3, 0.4) is 0 Å². The maximum atomic E-state index is 2.49. The first-order valence-electron chi connectivity index (χ1n) is 5.75. The number of nitrogens with zero attached hydrogens (tertiary/aromatic N) is 1. The molecular formula is C15H16ClN. The Bertz CT molecular complexity index is 456. The summed E-state index contributed by atoms with van der Waals surface area (Å²) >= 11 is 0. The smallest absolute Gasteiger partial charge is 0.0244 e. The highest BCUT2D eigenvalue weighted by molar-refractivity contribution is 5.85. The van der Waals surface area contributed by atoms with Gasteiger partial charge in [-0.1, -0.05) is 54.6 Å². The molecule has 1 aliphatic heterocycles. The highest BCUT2D eigenvalue weighted by atomic mass is 35.5. The summed E-state index contributed by atoms with van der Waals surface area (Å²) in [6, 6.07) is 19.4. The molecule has 3 rings (SSSR count). The average molecular weight is 246 g/mol. The fourth-order valence-corrected chi connectivity index (χ4v) is 2.36. The standard InChI is InChI=1S/C15H15N.ClH/c1-2-6-13(7-3-1)10-16-11-14-8-4-5-9-15(14)12-16;/h1-9H,10-12H2;1H. The number of hydrogen-bond donors (Lipinski definition) is 0. The molecule has 0 fully saturated rings. The molecule has 2 aromatic carbocycles. The van der Waals surface area contributed by atoms with Crippen LogP contribution in [0.15, 0.2) is 54.6 Å². The van der Waals surface area contributed by atoms with E-state index in [1.165, 1.54) is 16.7 Å². The molecule has 0 spiro atoms. The molecule has 1 aliphatic rings. The van der Waals surface area contributed by atoms with Crippen molar-refractivity contribution in [2.45, 2.75) is 19.6 Å². The van der Waals surface area contributed by atoms with E-state index in [-0.39, 0.29) is 12.4 Å². The quantitative estimate of drug-likeness (QED) is 0.781. The van der Waals surface area contributed by atoms with Crippen molar-refractivity contribution in [1.82, 2.24) is 4.90 Å². The van der Waals surface area contributed by atoms with Crippen molar-refractivity contribution in [2.24, 2.45) is 0 Å². The SMILES string of the molecule is Cl.c1ccc(CN2Cc3ccccc3C2)cc1. The van der Waals surface area contributed by atoms with Crippen LogP contribution in [-0.4, -0.2) is 4.90 Å². The Morgan fingerprint density at radius 2 is 1.29 bits per heavy atom. The highest BCUT2D eigenvalue weighted by Gasteiger charge is 2.17. The minimum Gasteiger partial charge on any atom is -0.291 e. The van der Waals surface area contributed by atoms with Gasteiger partial charge in [0.2, 0.25) is 0 Å². The molecule has 0 N–H and O–H groups in total. The third kappa shape index (κ3) is 2.68. The molecule has 17 heavy (non-hydrogen) atoms. The monoisotopic (exact) mass is 245 g/mol. The summed E-state index contributed by atoms with van der Waals surface area (Å²) in [4.78, 5) is 2.49. The lowest BCUT2D eigenvalue weighted by Crippen LogP contribution is -2.15. The Morgan fingerprint density at radius 3 is 1.88 bits per heavy atom. The molecule has 2 aromatic rings. The summed E-state index contributed by atoms with van der Waals surface area (Å²) in [6.45, 7) is 3.23. The number of rotatable bonds is 2. The second kappa shape index (κ2) is 5.35. The van der Waals surface area contributed by atoms with Gasteiger partial charge in [-0.2, -0.15) is 0 Å². The van der Waals surface area contributed by atoms with E-state index in [1.807, 2.05) is 0 Å². The zero-order valence-corrected chi connectivity index (χ0v) is 10.5. The molecule has 0 bridgehead atoms. The first-order valence-corrected chi connectivity index (χ1v) is 5.75. The van der Waals surface area contributed by atoms with E-state index in [2.05, 4.69) is 59.5 Å². The Labute approximate surface area is 108 Å². The van der Waals surface area contributed by atoms with Gasteiger partial charge in [-0.15, -0.1) is 12.4 Å². The van der Waals surface area contributed by atoms with Gasteiger partial charge in [-0.3, -0.25) is 4.90 Å².